The first-order valence-corrected chi connectivity index (χ1v) is 8.97. The summed E-state index contributed by atoms with van der Waals surface area (Å²) in [6.45, 7) is 3.85. The minimum absolute atomic E-state index is 0.0679. The molecule has 1 aliphatic rings. The number of pyridine rings is 1. The molecule has 1 aromatic carbocycles. The number of aromatic nitrogens is 1. The molecule has 1 amide bonds. The van der Waals surface area contributed by atoms with Gasteiger partial charge in [-0.15, -0.1) is 0 Å². The van der Waals surface area contributed by atoms with E-state index in [4.69, 9.17) is 0 Å². The van der Waals surface area contributed by atoms with Crippen molar-refractivity contribution >= 4 is 11.6 Å². The molecule has 132 valence electrons. The van der Waals surface area contributed by atoms with Gasteiger partial charge in [0.1, 0.15) is 0 Å². The molecule has 1 atom stereocenters. The summed E-state index contributed by atoms with van der Waals surface area (Å²) in [4.78, 5) is 18.7. The number of benzene rings is 1. The van der Waals surface area contributed by atoms with Gasteiger partial charge in [-0.1, -0.05) is 24.3 Å². The summed E-state index contributed by atoms with van der Waals surface area (Å²) in [5.41, 5.74) is 2.14. The highest BCUT2D eigenvalue weighted by Gasteiger charge is 2.16. The molecule has 1 aromatic heterocycles. The van der Waals surface area contributed by atoms with Crippen LogP contribution in [0.4, 0.5) is 5.69 Å². The number of para-hydroxylation sites is 1. The number of anilines is 1. The smallest absolute Gasteiger partial charge is 0.239 e. The lowest BCUT2D eigenvalue weighted by atomic mass is 10.00. The molecular weight excluding hydrogens is 312 g/mol. The maximum atomic E-state index is 12.5. The predicted octanol–water partition coefficient (Wildman–Crippen LogP) is 2.20. The fraction of sp³-hybridized carbons (Fsp3) is 0.400. The summed E-state index contributed by atoms with van der Waals surface area (Å²) in [5.74, 6) is 0.611. The standard InChI is InChI=1S/C20H26N4O/c25-20(23-14-17-6-4-10-21-12-17)16-24(19-8-2-1-3-9-19)15-18-7-5-11-22-13-18/h1-3,5,7-9,11,13,17,21H,4,6,10,12,14-16H2,(H,23,25). The highest BCUT2D eigenvalue weighted by atomic mass is 16.2. The van der Waals surface area contributed by atoms with Gasteiger partial charge < -0.3 is 15.5 Å². The Labute approximate surface area is 149 Å². The zero-order chi connectivity index (χ0) is 17.3. The Hall–Kier alpha value is -2.40. The van der Waals surface area contributed by atoms with E-state index in [-0.39, 0.29) is 5.91 Å². The van der Waals surface area contributed by atoms with Crippen LogP contribution in [-0.4, -0.2) is 37.1 Å². The Morgan fingerprint density at radius 1 is 1.24 bits per heavy atom. The molecule has 5 heteroatoms. The normalized spacial score (nSPS) is 17.0. The lowest BCUT2D eigenvalue weighted by Gasteiger charge is -2.26. The second-order valence-electron chi connectivity index (χ2n) is 6.57. The summed E-state index contributed by atoms with van der Waals surface area (Å²) in [6.07, 6.45) is 5.99. The average molecular weight is 338 g/mol. The van der Waals surface area contributed by atoms with Crippen molar-refractivity contribution in [2.75, 3.05) is 31.1 Å². The number of carbonyl (C=O) groups excluding carboxylic acids is 1. The third kappa shape index (κ3) is 5.57. The van der Waals surface area contributed by atoms with Crippen molar-refractivity contribution in [1.82, 2.24) is 15.6 Å². The summed E-state index contributed by atoms with van der Waals surface area (Å²) in [7, 11) is 0. The van der Waals surface area contributed by atoms with Gasteiger partial charge in [0.25, 0.3) is 0 Å². The molecular formula is C20H26N4O. The molecule has 1 saturated heterocycles. The maximum absolute atomic E-state index is 12.5. The molecule has 0 radical (unpaired) electrons. The average Bonchev–Trinajstić information content (AvgIpc) is 2.68. The molecule has 2 N–H and O–H groups in total. The Kier molecular flexibility index (Phi) is 6.40. The van der Waals surface area contributed by atoms with Crippen LogP contribution >= 0.6 is 0 Å². The number of piperidine rings is 1. The fourth-order valence-corrected chi connectivity index (χ4v) is 3.17. The quantitative estimate of drug-likeness (QED) is 0.813. The van der Waals surface area contributed by atoms with E-state index in [1.807, 2.05) is 48.7 Å². The molecule has 2 aromatic rings. The van der Waals surface area contributed by atoms with Crippen molar-refractivity contribution in [2.24, 2.45) is 5.92 Å². The number of carbonyl (C=O) groups is 1. The molecule has 5 nitrogen and oxygen atoms in total. The summed E-state index contributed by atoms with van der Waals surface area (Å²) < 4.78 is 0. The zero-order valence-corrected chi connectivity index (χ0v) is 14.5. The first-order chi connectivity index (χ1) is 12.3. The molecule has 0 saturated carbocycles. The van der Waals surface area contributed by atoms with Crippen LogP contribution in [0, 0.1) is 5.92 Å². The van der Waals surface area contributed by atoms with Crippen molar-refractivity contribution in [2.45, 2.75) is 19.4 Å². The predicted molar refractivity (Wildman–Crippen MR) is 100 cm³/mol. The molecule has 1 fully saturated rings. The molecule has 0 aliphatic carbocycles. The number of hydrogen-bond donors (Lipinski definition) is 2. The van der Waals surface area contributed by atoms with E-state index >= 15 is 0 Å². The van der Waals surface area contributed by atoms with Gasteiger partial charge >= 0.3 is 0 Å². The van der Waals surface area contributed by atoms with E-state index < -0.39 is 0 Å². The van der Waals surface area contributed by atoms with Crippen LogP contribution in [0.2, 0.25) is 0 Å². The van der Waals surface area contributed by atoms with Crippen LogP contribution in [0.5, 0.6) is 0 Å². The van der Waals surface area contributed by atoms with E-state index in [0.717, 1.165) is 30.9 Å². The molecule has 1 unspecified atom stereocenters. The molecule has 0 bridgehead atoms. The highest BCUT2D eigenvalue weighted by Crippen LogP contribution is 2.16. The monoisotopic (exact) mass is 338 g/mol. The number of rotatable bonds is 7. The topological polar surface area (TPSA) is 57.3 Å². The second-order valence-corrected chi connectivity index (χ2v) is 6.57. The minimum atomic E-state index is 0.0679. The van der Waals surface area contributed by atoms with Crippen LogP contribution < -0.4 is 15.5 Å². The van der Waals surface area contributed by atoms with Crippen LogP contribution in [0.1, 0.15) is 18.4 Å². The largest absolute Gasteiger partial charge is 0.358 e. The minimum Gasteiger partial charge on any atom is -0.358 e. The van der Waals surface area contributed by atoms with Crippen LogP contribution in [0.15, 0.2) is 54.9 Å². The van der Waals surface area contributed by atoms with Gasteiger partial charge in [0.05, 0.1) is 6.54 Å². The highest BCUT2D eigenvalue weighted by molar-refractivity contribution is 5.81. The molecule has 0 spiro atoms. The van der Waals surface area contributed by atoms with Gasteiger partial charge in [-0.25, -0.2) is 0 Å². The van der Waals surface area contributed by atoms with Crippen LogP contribution in [0.25, 0.3) is 0 Å². The van der Waals surface area contributed by atoms with Gasteiger partial charge in [-0.2, -0.15) is 0 Å². The molecule has 3 rings (SSSR count). The number of hydrogen-bond acceptors (Lipinski definition) is 4. The Balaban J connectivity index is 1.59. The Morgan fingerprint density at radius 3 is 2.84 bits per heavy atom. The van der Waals surface area contributed by atoms with Crippen molar-refractivity contribution < 1.29 is 4.79 Å². The third-order valence-corrected chi connectivity index (χ3v) is 4.54. The van der Waals surface area contributed by atoms with Gasteiger partial charge in [0.15, 0.2) is 0 Å². The van der Waals surface area contributed by atoms with Gasteiger partial charge in [0.2, 0.25) is 5.91 Å². The van der Waals surface area contributed by atoms with E-state index in [2.05, 4.69) is 20.5 Å². The second kappa shape index (κ2) is 9.18. The van der Waals surface area contributed by atoms with Crippen molar-refractivity contribution in [1.29, 1.82) is 0 Å². The van der Waals surface area contributed by atoms with Gasteiger partial charge in [-0.05, 0) is 55.6 Å². The van der Waals surface area contributed by atoms with Gasteiger partial charge in [-0.3, -0.25) is 9.78 Å². The lowest BCUT2D eigenvalue weighted by molar-refractivity contribution is -0.120. The van der Waals surface area contributed by atoms with Crippen LogP contribution in [0.3, 0.4) is 0 Å². The molecule has 25 heavy (non-hydrogen) atoms. The van der Waals surface area contributed by atoms with Gasteiger partial charge in [0, 0.05) is 31.2 Å². The summed E-state index contributed by atoms with van der Waals surface area (Å²) in [6, 6.07) is 14.0. The number of nitrogens with zero attached hydrogens (tertiary/aromatic N) is 2. The Morgan fingerprint density at radius 2 is 2.12 bits per heavy atom. The zero-order valence-electron chi connectivity index (χ0n) is 14.5. The van der Waals surface area contributed by atoms with Crippen LogP contribution in [-0.2, 0) is 11.3 Å². The third-order valence-electron chi connectivity index (χ3n) is 4.54. The molecule has 1 aliphatic heterocycles. The number of amides is 1. The van der Waals surface area contributed by atoms with E-state index in [1.165, 1.54) is 12.8 Å². The number of nitrogens with one attached hydrogen (secondary N) is 2. The molecule has 2 heterocycles. The SMILES string of the molecule is O=C(CN(Cc1cccnc1)c1ccccc1)NCC1CCCNC1. The van der Waals surface area contributed by atoms with E-state index in [0.29, 0.717) is 19.0 Å². The van der Waals surface area contributed by atoms with Crippen molar-refractivity contribution in [3.05, 3.63) is 60.4 Å². The first kappa shape index (κ1) is 17.4. The summed E-state index contributed by atoms with van der Waals surface area (Å²) in [5, 5.41) is 6.49. The summed E-state index contributed by atoms with van der Waals surface area (Å²) >= 11 is 0. The fourth-order valence-electron chi connectivity index (χ4n) is 3.17. The lowest BCUT2D eigenvalue weighted by Crippen LogP contribution is -2.42. The van der Waals surface area contributed by atoms with Crippen molar-refractivity contribution in [3.8, 4) is 0 Å². The maximum Gasteiger partial charge on any atom is 0.239 e. The van der Waals surface area contributed by atoms with E-state index in [9.17, 15) is 4.79 Å². The van der Waals surface area contributed by atoms with Crippen molar-refractivity contribution in [3.63, 3.8) is 0 Å². The Bertz CT molecular complexity index is 641. The van der Waals surface area contributed by atoms with E-state index in [1.54, 1.807) is 6.20 Å². The first-order valence-electron chi connectivity index (χ1n) is 8.97.